The van der Waals surface area contributed by atoms with Crippen molar-refractivity contribution < 1.29 is 24.5 Å². The Balaban J connectivity index is 2.53. The number of carboxylic acids is 1. The molecule has 1 heterocycles. The number of aryl methyl sites for hydroxylation is 1. The van der Waals surface area contributed by atoms with Crippen molar-refractivity contribution >= 4 is 5.97 Å². The predicted octanol–water partition coefficient (Wildman–Crippen LogP) is 0.119. The number of furan rings is 1. The van der Waals surface area contributed by atoms with Gasteiger partial charge in [-0.25, -0.2) is 4.79 Å². The summed E-state index contributed by atoms with van der Waals surface area (Å²) in [6.45, 7) is 3.21. The maximum Gasteiger partial charge on any atom is 0.339 e. The SMILES string of the molecule is Cc1oc(CNCC(C)(O)CO)cc1C(=O)O. The number of rotatable bonds is 6. The summed E-state index contributed by atoms with van der Waals surface area (Å²) < 4.78 is 5.24. The fourth-order valence-corrected chi connectivity index (χ4v) is 1.35. The zero-order valence-electron chi connectivity index (χ0n) is 9.86. The maximum atomic E-state index is 10.8. The molecule has 0 aliphatic carbocycles. The van der Waals surface area contributed by atoms with Crippen molar-refractivity contribution in [1.29, 1.82) is 0 Å². The minimum atomic E-state index is -1.20. The number of carbonyl (C=O) groups is 1. The molecule has 4 N–H and O–H groups in total. The van der Waals surface area contributed by atoms with Gasteiger partial charge in [0.1, 0.15) is 17.1 Å². The van der Waals surface area contributed by atoms with Crippen molar-refractivity contribution in [2.24, 2.45) is 0 Å². The van der Waals surface area contributed by atoms with Gasteiger partial charge in [0.15, 0.2) is 0 Å². The van der Waals surface area contributed by atoms with E-state index in [-0.39, 0.29) is 18.7 Å². The minimum Gasteiger partial charge on any atom is -0.478 e. The molecule has 0 spiro atoms. The lowest BCUT2D eigenvalue weighted by Crippen LogP contribution is -2.40. The van der Waals surface area contributed by atoms with Gasteiger partial charge in [0.2, 0.25) is 0 Å². The largest absolute Gasteiger partial charge is 0.478 e. The molecule has 6 nitrogen and oxygen atoms in total. The van der Waals surface area contributed by atoms with E-state index in [1.165, 1.54) is 13.0 Å². The molecule has 1 rings (SSSR count). The van der Waals surface area contributed by atoms with Gasteiger partial charge in [-0.3, -0.25) is 0 Å². The van der Waals surface area contributed by atoms with Gasteiger partial charge in [-0.1, -0.05) is 0 Å². The molecule has 0 amide bonds. The van der Waals surface area contributed by atoms with E-state index in [1.807, 2.05) is 0 Å². The van der Waals surface area contributed by atoms with E-state index in [4.69, 9.17) is 14.6 Å². The lowest BCUT2D eigenvalue weighted by molar-refractivity contribution is 0.00226. The molecule has 1 aromatic heterocycles. The second kappa shape index (κ2) is 5.31. The van der Waals surface area contributed by atoms with Crippen LogP contribution >= 0.6 is 0 Å². The predicted molar refractivity (Wildman–Crippen MR) is 59.8 cm³/mol. The number of hydrogen-bond acceptors (Lipinski definition) is 5. The van der Waals surface area contributed by atoms with Crippen molar-refractivity contribution in [2.75, 3.05) is 13.2 Å². The Morgan fingerprint density at radius 3 is 2.71 bits per heavy atom. The first-order valence-electron chi connectivity index (χ1n) is 5.22. The van der Waals surface area contributed by atoms with Crippen LogP contribution in [0.2, 0.25) is 0 Å². The number of aliphatic hydroxyl groups is 2. The smallest absolute Gasteiger partial charge is 0.339 e. The molecule has 1 aromatic rings. The van der Waals surface area contributed by atoms with Crippen molar-refractivity contribution in [1.82, 2.24) is 5.32 Å². The normalized spacial score (nSPS) is 14.6. The van der Waals surface area contributed by atoms with Crippen LogP contribution in [0.3, 0.4) is 0 Å². The zero-order chi connectivity index (χ0) is 13.1. The van der Waals surface area contributed by atoms with E-state index < -0.39 is 11.6 Å². The molecular weight excluding hydrogens is 226 g/mol. The summed E-state index contributed by atoms with van der Waals surface area (Å²) in [5.41, 5.74) is -1.06. The van der Waals surface area contributed by atoms with Crippen LogP contribution in [-0.4, -0.2) is 40.0 Å². The summed E-state index contributed by atoms with van der Waals surface area (Å²) in [7, 11) is 0. The number of aromatic carboxylic acids is 1. The molecule has 0 bridgehead atoms. The molecule has 0 saturated heterocycles. The Hall–Kier alpha value is -1.37. The van der Waals surface area contributed by atoms with E-state index in [2.05, 4.69) is 5.32 Å². The van der Waals surface area contributed by atoms with Crippen molar-refractivity contribution in [3.05, 3.63) is 23.2 Å². The third-order valence-electron chi connectivity index (χ3n) is 2.34. The number of hydrogen-bond donors (Lipinski definition) is 4. The van der Waals surface area contributed by atoms with Gasteiger partial charge in [-0.2, -0.15) is 0 Å². The van der Waals surface area contributed by atoms with Crippen LogP contribution in [0.5, 0.6) is 0 Å². The summed E-state index contributed by atoms with van der Waals surface area (Å²) in [5, 5.41) is 30.0. The highest BCUT2D eigenvalue weighted by atomic mass is 16.4. The van der Waals surface area contributed by atoms with Gasteiger partial charge in [0, 0.05) is 6.54 Å². The first kappa shape index (κ1) is 13.7. The fraction of sp³-hybridized carbons (Fsp3) is 0.545. The Bertz CT molecular complexity index is 397. The Kier molecular flexibility index (Phi) is 4.28. The van der Waals surface area contributed by atoms with E-state index >= 15 is 0 Å². The molecule has 0 aliphatic rings. The molecule has 0 saturated carbocycles. The van der Waals surface area contributed by atoms with E-state index in [1.54, 1.807) is 6.92 Å². The third-order valence-corrected chi connectivity index (χ3v) is 2.34. The van der Waals surface area contributed by atoms with Crippen LogP contribution in [0.1, 0.15) is 28.8 Å². The lowest BCUT2D eigenvalue weighted by atomic mass is 10.1. The van der Waals surface area contributed by atoms with E-state index in [0.29, 0.717) is 18.1 Å². The highest BCUT2D eigenvalue weighted by Crippen LogP contribution is 2.14. The second-order valence-corrected chi connectivity index (χ2v) is 4.25. The van der Waals surface area contributed by atoms with Crippen molar-refractivity contribution in [3.8, 4) is 0 Å². The average Bonchev–Trinajstić information content (AvgIpc) is 2.59. The van der Waals surface area contributed by atoms with Gasteiger partial charge in [-0.15, -0.1) is 0 Å². The van der Waals surface area contributed by atoms with Crippen LogP contribution in [0, 0.1) is 6.92 Å². The number of nitrogens with one attached hydrogen (secondary N) is 1. The van der Waals surface area contributed by atoms with Crippen LogP contribution in [-0.2, 0) is 6.54 Å². The fourth-order valence-electron chi connectivity index (χ4n) is 1.35. The molecular formula is C11H17NO5. The Morgan fingerprint density at radius 1 is 1.59 bits per heavy atom. The third kappa shape index (κ3) is 3.85. The van der Waals surface area contributed by atoms with E-state index in [9.17, 15) is 9.90 Å². The summed E-state index contributed by atoms with van der Waals surface area (Å²) in [5.74, 6) is -0.197. The van der Waals surface area contributed by atoms with Crippen LogP contribution in [0.4, 0.5) is 0 Å². The van der Waals surface area contributed by atoms with E-state index in [0.717, 1.165) is 0 Å². The molecule has 0 aromatic carbocycles. The van der Waals surface area contributed by atoms with Gasteiger partial charge < -0.3 is 25.1 Å². The topological polar surface area (TPSA) is 103 Å². The maximum absolute atomic E-state index is 10.8. The Morgan fingerprint density at radius 2 is 2.24 bits per heavy atom. The molecule has 0 radical (unpaired) electrons. The summed E-state index contributed by atoms with van der Waals surface area (Å²) in [6, 6.07) is 1.44. The van der Waals surface area contributed by atoms with Gasteiger partial charge in [-0.05, 0) is 19.9 Å². The quantitative estimate of drug-likeness (QED) is 0.566. The lowest BCUT2D eigenvalue weighted by Gasteiger charge is -2.20. The van der Waals surface area contributed by atoms with Gasteiger partial charge in [0.05, 0.1) is 18.8 Å². The molecule has 1 atom stereocenters. The number of aliphatic hydroxyl groups excluding tert-OH is 1. The van der Waals surface area contributed by atoms with Crippen molar-refractivity contribution in [2.45, 2.75) is 26.0 Å². The number of carboxylic acid groups (broad SMARTS) is 1. The zero-order valence-corrected chi connectivity index (χ0v) is 9.86. The highest BCUT2D eigenvalue weighted by Gasteiger charge is 2.19. The monoisotopic (exact) mass is 243 g/mol. The van der Waals surface area contributed by atoms with Crippen LogP contribution in [0.15, 0.2) is 10.5 Å². The van der Waals surface area contributed by atoms with Gasteiger partial charge >= 0.3 is 5.97 Å². The molecule has 6 heteroatoms. The minimum absolute atomic E-state index is 0.135. The first-order chi connectivity index (χ1) is 7.85. The van der Waals surface area contributed by atoms with Crippen molar-refractivity contribution in [3.63, 3.8) is 0 Å². The summed E-state index contributed by atoms with van der Waals surface area (Å²) >= 11 is 0. The van der Waals surface area contributed by atoms with Crippen LogP contribution in [0.25, 0.3) is 0 Å². The standard InChI is InChI=1S/C11H17NO5/c1-7-9(10(14)15)3-8(17-7)4-12-5-11(2,16)6-13/h3,12-13,16H,4-6H2,1-2H3,(H,14,15). The molecule has 1 unspecified atom stereocenters. The molecule has 0 aliphatic heterocycles. The first-order valence-corrected chi connectivity index (χ1v) is 5.22. The summed E-state index contributed by atoms with van der Waals surface area (Å²) in [4.78, 5) is 10.8. The van der Waals surface area contributed by atoms with Crippen LogP contribution < -0.4 is 5.32 Å². The second-order valence-electron chi connectivity index (χ2n) is 4.25. The molecule has 0 fully saturated rings. The molecule has 17 heavy (non-hydrogen) atoms. The highest BCUT2D eigenvalue weighted by molar-refractivity contribution is 5.88. The average molecular weight is 243 g/mol. The van der Waals surface area contributed by atoms with Gasteiger partial charge in [0.25, 0.3) is 0 Å². The molecule has 96 valence electrons. The summed E-state index contributed by atoms with van der Waals surface area (Å²) in [6.07, 6.45) is 0. The Labute approximate surface area is 98.9 Å².